The first-order valence-electron chi connectivity index (χ1n) is 6.98. The first-order chi connectivity index (χ1) is 9.67. The van der Waals surface area contributed by atoms with Crippen LogP contribution in [0.4, 0.5) is 10.1 Å². The maximum Gasteiger partial charge on any atom is 0.123 e. The molecule has 2 N–H and O–H groups in total. The molecule has 0 amide bonds. The summed E-state index contributed by atoms with van der Waals surface area (Å²) in [4.78, 5) is 2.31. The number of anilines is 1. The minimum Gasteiger partial charge on any atom is -0.399 e. The summed E-state index contributed by atoms with van der Waals surface area (Å²) in [5, 5.41) is 0. The van der Waals surface area contributed by atoms with E-state index in [0.717, 1.165) is 37.3 Å². The Morgan fingerprint density at radius 3 is 2.25 bits per heavy atom. The summed E-state index contributed by atoms with van der Waals surface area (Å²) in [6.07, 6.45) is 1.07. The van der Waals surface area contributed by atoms with Crippen LogP contribution in [0.2, 0.25) is 0 Å². The zero-order valence-corrected chi connectivity index (χ0v) is 11.8. The lowest BCUT2D eigenvalue weighted by Gasteiger charge is -2.22. The van der Waals surface area contributed by atoms with Crippen LogP contribution in [0.15, 0.2) is 48.5 Å². The van der Waals surface area contributed by atoms with Crippen LogP contribution in [-0.4, -0.2) is 11.4 Å². The van der Waals surface area contributed by atoms with Crippen LogP contribution in [-0.2, 0) is 13.1 Å². The van der Waals surface area contributed by atoms with Crippen molar-refractivity contribution < 1.29 is 4.39 Å². The van der Waals surface area contributed by atoms with Crippen molar-refractivity contribution in [1.82, 2.24) is 4.90 Å². The molecule has 0 atom stereocenters. The summed E-state index contributed by atoms with van der Waals surface area (Å²) in [5.74, 6) is -0.178. The van der Waals surface area contributed by atoms with Gasteiger partial charge in [-0.1, -0.05) is 31.2 Å². The highest BCUT2D eigenvalue weighted by molar-refractivity contribution is 5.40. The van der Waals surface area contributed by atoms with Gasteiger partial charge >= 0.3 is 0 Å². The average molecular weight is 272 g/mol. The standard InChI is InChI=1S/C17H21FN2/c1-2-9-20(12-14-5-3-7-16(18)10-14)13-15-6-4-8-17(19)11-15/h3-8,10-11H,2,9,12-13,19H2,1H3. The third-order valence-electron chi connectivity index (χ3n) is 3.19. The minimum absolute atomic E-state index is 0.178. The van der Waals surface area contributed by atoms with Gasteiger partial charge in [0.05, 0.1) is 0 Å². The van der Waals surface area contributed by atoms with E-state index in [1.807, 2.05) is 24.3 Å². The van der Waals surface area contributed by atoms with Crippen molar-refractivity contribution >= 4 is 5.69 Å². The molecule has 0 aliphatic heterocycles. The van der Waals surface area contributed by atoms with E-state index in [0.29, 0.717) is 0 Å². The van der Waals surface area contributed by atoms with E-state index in [-0.39, 0.29) is 5.82 Å². The summed E-state index contributed by atoms with van der Waals surface area (Å²) < 4.78 is 13.2. The molecule has 0 saturated carbocycles. The van der Waals surface area contributed by atoms with Crippen LogP contribution in [0, 0.1) is 5.82 Å². The Bertz CT molecular complexity index is 507. The molecular formula is C17H21FN2. The van der Waals surface area contributed by atoms with Gasteiger partial charge in [0.25, 0.3) is 0 Å². The highest BCUT2D eigenvalue weighted by atomic mass is 19.1. The number of halogens is 1. The van der Waals surface area contributed by atoms with Crippen LogP contribution in [0.1, 0.15) is 24.5 Å². The monoisotopic (exact) mass is 272 g/mol. The molecule has 2 aromatic rings. The third kappa shape index (κ3) is 4.35. The second kappa shape index (κ2) is 7.06. The van der Waals surface area contributed by atoms with E-state index in [4.69, 9.17) is 5.73 Å². The molecule has 0 bridgehead atoms. The van der Waals surface area contributed by atoms with Gasteiger partial charge in [-0.25, -0.2) is 4.39 Å². The number of nitrogens with zero attached hydrogens (tertiary/aromatic N) is 1. The van der Waals surface area contributed by atoms with Gasteiger partial charge in [0.1, 0.15) is 5.82 Å². The molecular weight excluding hydrogens is 251 g/mol. The van der Waals surface area contributed by atoms with Crippen LogP contribution in [0.5, 0.6) is 0 Å². The number of hydrogen-bond donors (Lipinski definition) is 1. The Kier molecular flexibility index (Phi) is 5.13. The molecule has 0 aliphatic rings. The Hall–Kier alpha value is -1.87. The fraction of sp³-hybridized carbons (Fsp3) is 0.294. The fourth-order valence-electron chi connectivity index (χ4n) is 2.37. The van der Waals surface area contributed by atoms with E-state index in [2.05, 4.69) is 17.9 Å². The van der Waals surface area contributed by atoms with E-state index >= 15 is 0 Å². The molecule has 0 unspecified atom stereocenters. The minimum atomic E-state index is -0.178. The summed E-state index contributed by atoms with van der Waals surface area (Å²) >= 11 is 0. The van der Waals surface area contributed by atoms with E-state index in [1.54, 1.807) is 12.1 Å². The van der Waals surface area contributed by atoms with Gasteiger partial charge < -0.3 is 5.73 Å². The first-order valence-corrected chi connectivity index (χ1v) is 6.98. The zero-order valence-electron chi connectivity index (χ0n) is 11.8. The predicted octanol–water partition coefficient (Wildman–Crippen LogP) is 3.82. The molecule has 0 aromatic heterocycles. The van der Waals surface area contributed by atoms with Gasteiger partial charge in [0, 0.05) is 18.8 Å². The van der Waals surface area contributed by atoms with Crippen molar-refractivity contribution in [3.8, 4) is 0 Å². The molecule has 3 heteroatoms. The lowest BCUT2D eigenvalue weighted by molar-refractivity contribution is 0.257. The number of nitrogen functional groups attached to an aromatic ring is 1. The molecule has 2 nitrogen and oxygen atoms in total. The topological polar surface area (TPSA) is 29.3 Å². The second-order valence-corrected chi connectivity index (χ2v) is 5.09. The lowest BCUT2D eigenvalue weighted by atomic mass is 10.1. The Morgan fingerprint density at radius 2 is 1.65 bits per heavy atom. The lowest BCUT2D eigenvalue weighted by Crippen LogP contribution is -2.23. The predicted molar refractivity (Wildman–Crippen MR) is 81.7 cm³/mol. The van der Waals surface area contributed by atoms with Crippen molar-refractivity contribution in [3.63, 3.8) is 0 Å². The molecule has 0 saturated heterocycles. The molecule has 0 radical (unpaired) electrons. The van der Waals surface area contributed by atoms with Gasteiger partial charge in [-0.15, -0.1) is 0 Å². The van der Waals surface area contributed by atoms with E-state index < -0.39 is 0 Å². The van der Waals surface area contributed by atoms with Crippen molar-refractivity contribution in [2.45, 2.75) is 26.4 Å². The Balaban J connectivity index is 2.07. The summed E-state index contributed by atoms with van der Waals surface area (Å²) in [5.41, 5.74) is 8.79. The summed E-state index contributed by atoms with van der Waals surface area (Å²) in [6, 6.07) is 14.7. The third-order valence-corrected chi connectivity index (χ3v) is 3.19. The van der Waals surface area contributed by atoms with Crippen LogP contribution in [0.25, 0.3) is 0 Å². The zero-order chi connectivity index (χ0) is 14.4. The maximum atomic E-state index is 13.2. The smallest absolute Gasteiger partial charge is 0.123 e. The fourth-order valence-corrected chi connectivity index (χ4v) is 2.37. The van der Waals surface area contributed by atoms with Gasteiger partial charge in [-0.3, -0.25) is 4.90 Å². The molecule has 106 valence electrons. The van der Waals surface area contributed by atoms with Crippen LogP contribution in [0.3, 0.4) is 0 Å². The van der Waals surface area contributed by atoms with Gasteiger partial charge in [0.2, 0.25) is 0 Å². The van der Waals surface area contributed by atoms with Gasteiger partial charge in [-0.05, 0) is 48.4 Å². The van der Waals surface area contributed by atoms with Crippen LogP contribution < -0.4 is 5.73 Å². The highest BCUT2D eigenvalue weighted by Gasteiger charge is 2.07. The molecule has 0 aliphatic carbocycles. The SMILES string of the molecule is CCCN(Cc1cccc(N)c1)Cc1cccc(F)c1. The van der Waals surface area contributed by atoms with E-state index in [1.165, 1.54) is 11.6 Å². The normalized spacial score (nSPS) is 10.9. The maximum absolute atomic E-state index is 13.2. The summed E-state index contributed by atoms with van der Waals surface area (Å²) in [6.45, 7) is 4.71. The molecule has 0 spiro atoms. The Labute approximate surface area is 120 Å². The molecule has 2 aromatic carbocycles. The molecule has 0 heterocycles. The Morgan fingerprint density at radius 1 is 1.00 bits per heavy atom. The quantitative estimate of drug-likeness (QED) is 0.810. The first kappa shape index (κ1) is 14.5. The molecule has 0 fully saturated rings. The number of benzene rings is 2. The van der Waals surface area contributed by atoms with Gasteiger partial charge in [0.15, 0.2) is 0 Å². The largest absolute Gasteiger partial charge is 0.399 e. The number of hydrogen-bond acceptors (Lipinski definition) is 2. The number of nitrogens with two attached hydrogens (primary N) is 1. The van der Waals surface area contributed by atoms with Gasteiger partial charge in [-0.2, -0.15) is 0 Å². The molecule has 20 heavy (non-hydrogen) atoms. The van der Waals surface area contributed by atoms with E-state index in [9.17, 15) is 4.39 Å². The van der Waals surface area contributed by atoms with Crippen molar-refractivity contribution in [2.75, 3.05) is 12.3 Å². The number of rotatable bonds is 6. The van der Waals surface area contributed by atoms with Crippen molar-refractivity contribution in [2.24, 2.45) is 0 Å². The van der Waals surface area contributed by atoms with Crippen molar-refractivity contribution in [1.29, 1.82) is 0 Å². The average Bonchev–Trinajstić information content (AvgIpc) is 2.39. The second-order valence-electron chi connectivity index (χ2n) is 5.09. The van der Waals surface area contributed by atoms with Crippen LogP contribution >= 0.6 is 0 Å². The van der Waals surface area contributed by atoms with Crippen molar-refractivity contribution in [3.05, 3.63) is 65.5 Å². The molecule has 2 rings (SSSR count). The highest BCUT2D eigenvalue weighted by Crippen LogP contribution is 2.13. The summed E-state index contributed by atoms with van der Waals surface area (Å²) in [7, 11) is 0.